The standard InChI is InChI=1S/C21H20FN3O/c1-15-12-18(22)14-17-4-2-10-24(21(15)17)20(26)13-16-5-7-19(8-6-16)25-11-3-9-23-25/h3,5-9,11-12,14H,2,4,10,13H2,1H3. The average molecular weight is 349 g/mol. The molecule has 0 saturated carbocycles. The van der Waals surface area contributed by atoms with Gasteiger partial charge in [0.1, 0.15) is 5.82 Å². The highest BCUT2D eigenvalue weighted by Gasteiger charge is 2.24. The normalized spacial score (nSPS) is 13.5. The Hall–Kier alpha value is -2.95. The van der Waals surface area contributed by atoms with Crippen LogP contribution in [0.25, 0.3) is 5.69 Å². The van der Waals surface area contributed by atoms with Gasteiger partial charge >= 0.3 is 0 Å². The molecule has 26 heavy (non-hydrogen) atoms. The first-order valence-corrected chi connectivity index (χ1v) is 8.80. The summed E-state index contributed by atoms with van der Waals surface area (Å²) in [6.45, 7) is 2.55. The molecule has 0 radical (unpaired) electrons. The van der Waals surface area contributed by atoms with Crippen molar-refractivity contribution >= 4 is 11.6 Å². The molecule has 1 aliphatic heterocycles. The summed E-state index contributed by atoms with van der Waals surface area (Å²) in [5.74, 6) is -0.183. The first-order valence-electron chi connectivity index (χ1n) is 8.80. The van der Waals surface area contributed by atoms with Crippen LogP contribution in [0.15, 0.2) is 54.9 Å². The van der Waals surface area contributed by atoms with Gasteiger partial charge in [-0.25, -0.2) is 9.07 Å². The van der Waals surface area contributed by atoms with Crippen LogP contribution in [0.2, 0.25) is 0 Å². The lowest BCUT2D eigenvalue weighted by molar-refractivity contribution is -0.118. The van der Waals surface area contributed by atoms with Gasteiger partial charge in [0, 0.05) is 24.6 Å². The largest absolute Gasteiger partial charge is 0.312 e. The maximum absolute atomic E-state index is 13.7. The second kappa shape index (κ2) is 6.75. The molecule has 0 spiro atoms. The number of aromatic nitrogens is 2. The van der Waals surface area contributed by atoms with E-state index in [-0.39, 0.29) is 11.7 Å². The minimum Gasteiger partial charge on any atom is -0.312 e. The maximum Gasteiger partial charge on any atom is 0.231 e. The Morgan fingerprint density at radius 2 is 2.04 bits per heavy atom. The van der Waals surface area contributed by atoms with Crippen LogP contribution in [-0.4, -0.2) is 22.2 Å². The summed E-state index contributed by atoms with van der Waals surface area (Å²) < 4.78 is 15.5. The third kappa shape index (κ3) is 3.12. The lowest BCUT2D eigenvalue weighted by Gasteiger charge is -2.31. The van der Waals surface area contributed by atoms with Crippen LogP contribution < -0.4 is 4.90 Å². The van der Waals surface area contributed by atoms with Gasteiger partial charge in [0.05, 0.1) is 12.1 Å². The van der Waals surface area contributed by atoms with E-state index in [1.807, 2.05) is 48.4 Å². The molecule has 2 heterocycles. The van der Waals surface area contributed by atoms with Crippen LogP contribution in [0.5, 0.6) is 0 Å². The van der Waals surface area contributed by atoms with E-state index in [1.54, 1.807) is 16.9 Å². The van der Waals surface area contributed by atoms with Gasteiger partial charge in [0.15, 0.2) is 0 Å². The summed E-state index contributed by atoms with van der Waals surface area (Å²) >= 11 is 0. The molecule has 3 aromatic rings. The zero-order chi connectivity index (χ0) is 18.1. The van der Waals surface area contributed by atoms with Gasteiger partial charge in [-0.15, -0.1) is 0 Å². The Balaban J connectivity index is 1.55. The fraction of sp³-hybridized carbons (Fsp3) is 0.238. The highest BCUT2D eigenvalue weighted by molar-refractivity contribution is 5.96. The predicted octanol–water partition coefficient (Wildman–Crippen LogP) is 3.84. The molecular weight excluding hydrogens is 329 g/mol. The number of rotatable bonds is 3. The number of benzene rings is 2. The number of halogens is 1. The van der Waals surface area contributed by atoms with Gasteiger partial charge in [-0.2, -0.15) is 5.10 Å². The van der Waals surface area contributed by atoms with Crippen LogP contribution in [0, 0.1) is 12.7 Å². The summed E-state index contributed by atoms with van der Waals surface area (Å²) in [4.78, 5) is 14.7. The van der Waals surface area contributed by atoms with E-state index < -0.39 is 0 Å². The Labute approximate surface area is 151 Å². The number of hydrogen-bond donors (Lipinski definition) is 0. The monoisotopic (exact) mass is 349 g/mol. The van der Waals surface area contributed by atoms with Crippen molar-refractivity contribution in [3.05, 3.63) is 77.4 Å². The predicted molar refractivity (Wildman–Crippen MR) is 99.1 cm³/mol. The smallest absolute Gasteiger partial charge is 0.231 e. The van der Waals surface area contributed by atoms with Crippen molar-refractivity contribution in [2.45, 2.75) is 26.2 Å². The molecule has 5 heteroatoms. The molecule has 4 nitrogen and oxygen atoms in total. The Morgan fingerprint density at radius 1 is 1.23 bits per heavy atom. The summed E-state index contributed by atoms with van der Waals surface area (Å²) in [5, 5.41) is 4.20. The van der Waals surface area contributed by atoms with Crippen molar-refractivity contribution in [3.8, 4) is 5.69 Å². The number of nitrogens with zero attached hydrogens (tertiary/aromatic N) is 3. The quantitative estimate of drug-likeness (QED) is 0.720. The Bertz CT molecular complexity index is 933. The van der Waals surface area contributed by atoms with Crippen molar-refractivity contribution in [2.75, 3.05) is 11.4 Å². The van der Waals surface area contributed by atoms with Gasteiger partial charge in [-0.05, 0) is 66.8 Å². The molecule has 1 amide bonds. The zero-order valence-electron chi connectivity index (χ0n) is 14.7. The molecule has 0 atom stereocenters. The third-order valence-electron chi connectivity index (χ3n) is 4.80. The van der Waals surface area contributed by atoms with Gasteiger partial charge in [0.2, 0.25) is 5.91 Å². The molecule has 0 unspecified atom stereocenters. The first-order chi connectivity index (χ1) is 12.6. The lowest BCUT2D eigenvalue weighted by atomic mass is 9.97. The number of carbonyl (C=O) groups excluding carboxylic acids is 1. The average Bonchev–Trinajstić information content (AvgIpc) is 3.16. The first kappa shape index (κ1) is 16.5. The molecule has 4 rings (SSSR count). The summed E-state index contributed by atoms with van der Waals surface area (Å²) in [6, 6.07) is 12.8. The molecule has 0 N–H and O–H groups in total. The van der Waals surface area contributed by atoms with Crippen molar-refractivity contribution in [3.63, 3.8) is 0 Å². The van der Waals surface area contributed by atoms with Gasteiger partial charge in [0.25, 0.3) is 0 Å². The zero-order valence-corrected chi connectivity index (χ0v) is 14.7. The van der Waals surface area contributed by atoms with Crippen molar-refractivity contribution in [1.29, 1.82) is 0 Å². The SMILES string of the molecule is Cc1cc(F)cc2c1N(C(=O)Cc1ccc(-n3cccn3)cc1)CCC2. The van der Waals surface area contributed by atoms with Crippen LogP contribution >= 0.6 is 0 Å². The summed E-state index contributed by atoms with van der Waals surface area (Å²) in [7, 11) is 0. The number of aryl methyl sites for hydroxylation is 2. The van der Waals surface area contributed by atoms with Crippen LogP contribution in [-0.2, 0) is 17.6 Å². The minimum atomic E-state index is -0.232. The maximum atomic E-state index is 13.7. The topological polar surface area (TPSA) is 38.1 Å². The van der Waals surface area contributed by atoms with E-state index >= 15 is 0 Å². The van der Waals surface area contributed by atoms with E-state index in [4.69, 9.17) is 0 Å². The van der Waals surface area contributed by atoms with Crippen LogP contribution in [0.4, 0.5) is 10.1 Å². The second-order valence-electron chi connectivity index (χ2n) is 6.67. The summed E-state index contributed by atoms with van der Waals surface area (Å²) in [6.07, 6.45) is 5.62. The molecule has 2 aromatic carbocycles. The highest BCUT2D eigenvalue weighted by Crippen LogP contribution is 2.32. The second-order valence-corrected chi connectivity index (χ2v) is 6.67. The molecular formula is C21H20FN3O. The van der Waals surface area contributed by atoms with Crippen molar-refractivity contribution in [2.24, 2.45) is 0 Å². The number of carbonyl (C=O) groups is 1. The van der Waals surface area contributed by atoms with Gasteiger partial charge < -0.3 is 4.90 Å². The number of hydrogen-bond acceptors (Lipinski definition) is 2. The third-order valence-corrected chi connectivity index (χ3v) is 4.80. The molecule has 1 aliphatic rings. The Morgan fingerprint density at radius 3 is 2.77 bits per heavy atom. The van der Waals surface area contributed by atoms with E-state index in [0.717, 1.165) is 40.9 Å². The molecule has 1 aromatic heterocycles. The van der Waals surface area contributed by atoms with Gasteiger partial charge in [-0.3, -0.25) is 4.79 Å². The van der Waals surface area contributed by atoms with Crippen LogP contribution in [0.3, 0.4) is 0 Å². The van der Waals surface area contributed by atoms with Crippen molar-refractivity contribution in [1.82, 2.24) is 9.78 Å². The van der Waals surface area contributed by atoms with E-state index in [0.29, 0.717) is 13.0 Å². The fourth-order valence-electron chi connectivity index (χ4n) is 3.63. The van der Waals surface area contributed by atoms with E-state index in [1.165, 1.54) is 6.07 Å². The molecule has 0 saturated heterocycles. The van der Waals surface area contributed by atoms with Gasteiger partial charge in [-0.1, -0.05) is 12.1 Å². The van der Waals surface area contributed by atoms with E-state index in [9.17, 15) is 9.18 Å². The summed E-state index contributed by atoms with van der Waals surface area (Å²) in [5.41, 5.74) is 4.55. The Kier molecular flexibility index (Phi) is 4.29. The molecule has 0 bridgehead atoms. The van der Waals surface area contributed by atoms with Crippen molar-refractivity contribution < 1.29 is 9.18 Å². The number of fused-ring (bicyclic) bond motifs is 1. The highest BCUT2D eigenvalue weighted by atomic mass is 19.1. The molecule has 0 aliphatic carbocycles. The van der Waals surface area contributed by atoms with Crippen LogP contribution in [0.1, 0.15) is 23.1 Å². The van der Waals surface area contributed by atoms with E-state index in [2.05, 4.69) is 5.10 Å². The fourth-order valence-corrected chi connectivity index (χ4v) is 3.63. The minimum absolute atomic E-state index is 0.0486. The lowest BCUT2D eigenvalue weighted by Crippen LogP contribution is -2.37. The number of anilines is 1. The number of amides is 1. The molecule has 132 valence electrons. The molecule has 0 fully saturated rings.